The topological polar surface area (TPSA) is 83.2 Å². The Hall–Kier alpha value is -11.5. The summed E-state index contributed by atoms with van der Waals surface area (Å²) >= 11 is 0. The van der Waals surface area contributed by atoms with Gasteiger partial charge in [0.1, 0.15) is 23.0 Å². The van der Waals surface area contributed by atoms with E-state index in [1.807, 2.05) is 42.5 Å². The quantitative estimate of drug-likeness (QED) is 0.157. The van der Waals surface area contributed by atoms with Gasteiger partial charge in [-0.25, -0.2) is 0 Å². The first-order chi connectivity index (χ1) is 43.1. The minimum atomic E-state index is -0.655. The Morgan fingerprint density at radius 1 is 0.207 bits per heavy atom. The maximum atomic E-state index is 7.08. The van der Waals surface area contributed by atoms with E-state index in [4.69, 9.17) is 13.9 Å². The number of hydrogen-bond donors (Lipinski definition) is 0. The van der Waals surface area contributed by atoms with E-state index < -0.39 is 10.8 Å². The first-order valence-electron chi connectivity index (χ1n) is 29.4. The highest BCUT2D eigenvalue weighted by atomic mass is 16.5. The molecule has 0 atom stereocenters. The first kappa shape index (κ1) is 48.9. The summed E-state index contributed by atoms with van der Waals surface area (Å²) in [6, 6.07) is 103. The molecule has 18 rings (SSSR count). The predicted octanol–water partition coefficient (Wildman–Crippen LogP) is 19.5. The lowest BCUT2D eigenvalue weighted by molar-refractivity contribution is 0.436. The SMILES string of the molecule is c1ccc(-c2ccc(-c3cccc(-c4ccc5c(c4)Oc4ccc(-c6ccc(-c7nnc(-c8cccc(-c9ccc%10c(c9)Oc9ccccc9C%109c%10ccccc%10-c%10ccccc%109)c8)o7)cc6)cc4C54c5ccccc5-c5ccccc54)c3)nn2)cc1. The van der Waals surface area contributed by atoms with E-state index in [9.17, 15) is 0 Å². The molecule has 7 heteroatoms. The van der Waals surface area contributed by atoms with E-state index in [1.54, 1.807) is 0 Å². The number of fused-ring (bicyclic) bond motifs is 18. The van der Waals surface area contributed by atoms with E-state index in [2.05, 4.69) is 269 Å². The van der Waals surface area contributed by atoms with E-state index in [-0.39, 0.29) is 0 Å². The molecule has 2 spiro atoms. The van der Waals surface area contributed by atoms with Crippen LogP contribution in [0.25, 0.3) is 101 Å². The average Bonchev–Trinajstić information content (AvgIpc) is 1.61. The van der Waals surface area contributed by atoms with Crippen molar-refractivity contribution < 1.29 is 13.9 Å². The van der Waals surface area contributed by atoms with E-state index in [1.165, 1.54) is 44.5 Å². The molecule has 2 aromatic heterocycles. The summed E-state index contributed by atoms with van der Waals surface area (Å²) in [6.45, 7) is 0. The maximum Gasteiger partial charge on any atom is 0.248 e. The van der Waals surface area contributed by atoms with Crippen molar-refractivity contribution in [1.82, 2.24) is 20.4 Å². The Morgan fingerprint density at radius 3 is 1.16 bits per heavy atom. The van der Waals surface area contributed by atoms with Gasteiger partial charge in [0.25, 0.3) is 0 Å². The molecular formula is C80H48N4O3. The molecular weight excluding hydrogens is 1060 g/mol. The number of ether oxygens (including phenoxy) is 2. The van der Waals surface area contributed by atoms with E-state index in [0.29, 0.717) is 11.8 Å². The summed E-state index contributed by atoms with van der Waals surface area (Å²) in [6.07, 6.45) is 0. The number of aromatic nitrogens is 4. The summed E-state index contributed by atoms with van der Waals surface area (Å²) in [4.78, 5) is 0. The van der Waals surface area contributed by atoms with E-state index >= 15 is 0 Å². The highest BCUT2D eigenvalue weighted by molar-refractivity contribution is 5.92. The standard InChI is InChI=1S/C80H48N4O3/c1-2-16-50(17-3-1)71-41-42-72(82-81-71)57-20-14-18-52(44-57)55-37-40-69-76(47-55)86-74-43-38-54(46-70(74)80(69)65-28-10-6-24-61(65)62-25-7-11-29-66(62)80)49-32-34-51(35-33-49)77-83-84-78(87-77)58-21-15-19-53(45-58)56-36-39-68-75(48-56)85-73-31-13-12-30-67(73)79(68)63-26-8-4-22-59(63)60-23-5-9-27-64(60)79/h1-48H. The van der Waals surface area contributed by atoms with Crippen LogP contribution in [0.3, 0.4) is 0 Å². The molecule has 2 aliphatic heterocycles. The minimum absolute atomic E-state index is 0.440. The number of rotatable bonds is 7. The second-order valence-electron chi connectivity index (χ2n) is 22.8. The van der Waals surface area contributed by atoms with Crippen molar-refractivity contribution >= 4 is 0 Å². The molecule has 0 unspecified atom stereocenters. The summed E-state index contributed by atoms with van der Waals surface area (Å²) in [5.74, 6) is 4.21. The minimum Gasteiger partial charge on any atom is -0.457 e. The van der Waals surface area contributed by atoms with Gasteiger partial charge in [-0.3, -0.25) is 0 Å². The molecule has 0 bridgehead atoms. The van der Waals surface area contributed by atoms with Gasteiger partial charge in [0, 0.05) is 44.5 Å². The van der Waals surface area contributed by atoms with Crippen molar-refractivity contribution in [2.24, 2.45) is 0 Å². The molecule has 0 N–H and O–H groups in total. The molecule has 4 heterocycles. The van der Waals surface area contributed by atoms with Crippen LogP contribution in [-0.2, 0) is 10.8 Å². The van der Waals surface area contributed by atoms with Gasteiger partial charge >= 0.3 is 0 Å². The highest BCUT2D eigenvalue weighted by Crippen LogP contribution is 2.64. The second-order valence-corrected chi connectivity index (χ2v) is 22.8. The van der Waals surface area contributed by atoms with Crippen LogP contribution in [-0.4, -0.2) is 20.4 Å². The van der Waals surface area contributed by atoms with Gasteiger partial charge in [-0.2, -0.15) is 0 Å². The smallest absolute Gasteiger partial charge is 0.248 e. The molecule has 0 saturated carbocycles. The number of para-hydroxylation sites is 1. The molecule has 0 saturated heterocycles. The van der Waals surface area contributed by atoms with Gasteiger partial charge in [-0.15, -0.1) is 20.4 Å². The molecule has 14 aromatic rings. The van der Waals surface area contributed by atoms with Crippen molar-refractivity contribution in [3.05, 3.63) is 336 Å². The second kappa shape index (κ2) is 19.0. The molecule has 4 aliphatic rings. The van der Waals surface area contributed by atoms with E-state index in [0.717, 1.165) is 112 Å². The van der Waals surface area contributed by atoms with Gasteiger partial charge in [-0.1, -0.05) is 218 Å². The number of hydrogen-bond acceptors (Lipinski definition) is 7. The zero-order valence-electron chi connectivity index (χ0n) is 46.7. The fourth-order valence-corrected chi connectivity index (χ4v) is 14.5. The van der Waals surface area contributed by atoms with Crippen molar-refractivity contribution in [3.8, 4) is 124 Å². The molecule has 87 heavy (non-hydrogen) atoms. The van der Waals surface area contributed by atoms with Gasteiger partial charge in [0.15, 0.2) is 0 Å². The molecule has 406 valence electrons. The fourth-order valence-electron chi connectivity index (χ4n) is 14.5. The Kier molecular flexibility index (Phi) is 10.7. The average molecular weight is 1110 g/mol. The van der Waals surface area contributed by atoms with Crippen LogP contribution in [0.2, 0.25) is 0 Å². The largest absolute Gasteiger partial charge is 0.457 e. The van der Waals surface area contributed by atoms with Crippen molar-refractivity contribution in [1.29, 1.82) is 0 Å². The lowest BCUT2D eigenvalue weighted by Crippen LogP contribution is -2.32. The van der Waals surface area contributed by atoms with Gasteiger partial charge < -0.3 is 13.9 Å². The third kappa shape index (κ3) is 7.30. The first-order valence-corrected chi connectivity index (χ1v) is 29.4. The van der Waals surface area contributed by atoms with Crippen LogP contribution in [0, 0.1) is 0 Å². The third-order valence-electron chi connectivity index (χ3n) is 18.3. The molecule has 12 aromatic carbocycles. The van der Waals surface area contributed by atoms with Crippen molar-refractivity contribution in [2.45, 2.75) is 10.8 Å². The Labute approximate surface area is 502 Å². The van der Waals surface area contributed by atoms with Gasteiger partial charge in [-0.05, 0) is 151 Å². The molecule has 0 amide bonds. The predicted molar refractivity (Wildman–Crippen MR) is 343 cm³/mol. The lowest BCUT2D eigenvalue weighted by atomic mass is 9.65. The van der Waals surface area contributed by atoms with Crippen LogP contribution < -0.4 is 9.47 Å². The normalized spacial score (nSPS) is 13.7. The van der Waals surface area contributed by atoms with Gasteiger partial charge in [0.2, 0.25) is 11.8 Å². The van der Waals surface area contributed by atoms with Crippen molar-refractivity contribution in [3.63, 3.8) is 0 Å². The monoisotopic (exact) mass is 1110 g/mol. The number of benzene rings is 12. The molecule has 2 aliphatic carbocycles. The Balaban J connectivity index is 0.656. The molecule has 0 radical (unpaired) electrons. The van der Waals surface area contributed by atoms with Crippen LogP contribution in [0.4, 0.5) is 0 Å². The fraction of sp³-hybridized carbons (Fsp3) is 0.0250. The zero-order valence-corrected chi connectivity index (χ0v) is 46.7. The molecule has 7 nitrogen and oxygen atoms in total. The Morgan fingerprint density at radius 2 is 0.586 bits per heavy atom. The van der Waals surface area contributed by atoms with Crippen LogP contribution in [0.1, 0.15) is 44.5 Å². The van der Waals surface area contributed by atoms with Crippen LogP contribution >= 0.6 is 0 Å². The van der Waals surface area contributed by atoms with Crippen LogP contribution in [0.5, 0.6) is 23.0 Å². The highest BCUT2D eigenvalue weighted by Gasteiger charge is 2.52. The molecule has 0 fully saturated rings. The van der Waals surface area contributed by atoms with Crippen molar-refractivity contribution in [2.75, 3.05) is 0 Å². The maximum absolute atomic E-state index is 7.08. The lowest BCUT2D eigenvalue weighted by Gasteiger charge is -2.40. The van der Waals surface area contributed by atoms with Gasteiger partial charge in [0.05, 0.1) is 22.2 Å². The Bertz CT molecular complexity index is 5030. The number of nitrogens with zero attached hydrogens (tertiary/aromatic N) is 4. The summed E-state index contributed by atoms with van der Waals surface area (Å²) in [5.41, 5.74) is 24.8. The summed E-state index contributed by atoms with van der Waals surface area (Å²) in [5, 5.41) is 18.4. The summed E-state index contributed by atoms with van der Waals surface area (Å²) < 4.78 is 20.4. The van der Waals surface area contributed by atoms with Crippen LogP contribution in [0.15, 0.2) is 296 Å². The zero-order chi connectivity index (χ0) is 57.2. The summed E-state index contributed by atoms with van der Waals surface area (Å²) in [7, 11) is 0. The third-order valence-corrected chi connectivity index (χ3v) is 18.3.